The molecule has 104 valence electrons. The highest BCUT2D eigenvalue weighted by atomic mass is 32.2. The van der Waals surface area contributed by atoms with Crippen molar-refractivity contribution in [3.63, 3.8) is 0 Å². The van der Waals surface area contributed by atoms with Gasteiger partial charge < -0.3 is 5.32 Å². The van der Waals surface area contributed by atoms with Gasteiger partial charge in [0.25, 0.3) is 0 Å². The van der Waals surface area contributed by atoms with Crippen LogP contribution in [-0.2, 0) is 6.42 Å². The Morgan fingerprint density at radius 3 is 2.58 bits per heavy atom. The molecule has 3 heteroatoms. The third kappa shape index (κ3) is 4.00. The first-order valence-electron chi connectivity index (χ1n) is 7.27. The fourth-order valence-electron chi connectivity index (χ4n) is 2.33. The lowest BCUT2D eigenvalue weighted by atomic mass is 9.96. The normalized spacial score (nSPS) is 19.6. The second-order valence-corrected chi connectivity index (χ2v) is 6.14. The van der Waals surface area contributed by atoms with Crippen LogP contribution < -0.4 is 5.32 Å². The van der Waals surface area contributed by atoms with Crippen molar-refractivity contribution < 1.29 is 0 Å². The first-order valence-corrected chi connectivity index (χ1v) is 8.26. The van der Waals surface area contributed by atoms with Crippen molar-refractivity contribution >= 4 is 16.9 Å². The van der Waals surface area contributed by atoms with E-state index >= 15 is 0 Å². The van der Waals surface area contributed by atoms with Crippen LogP contribution in [0.3, 0.4) is 0 Å². The Balaban J connectivity index is 1.75. The lowest BCUT2D eigenvalue weighted by Crippen LogP contribution is -2.42. The maximum atomic E-state index is 4.70. The van der Waals surface area contributed by atoms with Gasteiger partial charge >= 0.3 is 0 Å². The van der Waals surface area contributed by atoms with Crippen molar-refractivity contribution in [1.29, 1.82) is 0 Å². The number of amidine groups is 1. The van der Waals surface area contributed by atoms with E-state index in [0.29, 0.717) is 5.54 Å². The van der Waals surface area contributed by atoms with Crippen molar-refractivity contribution in [2.45, 2.75) is 45.1 Å². The average Bonchev–Trinajstić information content (AvgIpc) is 2.89. The van der Waals surface area contributed by atoms with Crippen LogP contribution in [0.5, 0.6) is 0 Å². The second-order valence-electron chi connectivity index (χ2n) is 5.18. The molecule has 0 radical (unpaired) electrons. The molecule has 1 aliphatic rings. The molecule has 0 unspecified atom stereocenters. The molecule has 19 heavy (non-hydrogen) atoms. The van der Waals surface area contributed by atoms with Crippen LogP contribution in [0.4, 0.5) is 0 Å². The third-order valence-electron chi connectivity index (χ3n) is 3.93. The summed E-state index contributed by atoms with van der Waals surface area (Å²) in [4.78, 5) is 4.70. The molecule has 1 heterocycles. The van der Waals surface area contributed by atoms with E-state index in [4.69, 9.17) is 4.99 Å². The van der Waals surface area contributed by atoms with Crippen LogP contribution in [-0.4, -0.2) is 23.0 Å². The standard InChI is InChI=1S/C16H24N2S/c1-3-16(4-2)13-19-15(18-16)17-12-8-11-14-9-6-5-7-10-14/h5-7,9-10H,3-4,8,11-13H2,1-2H3,(H,17,18). The molecule has 1 N–H and O–H groups in total. The summed E-state index contributed by atoms with van der Waals surface area (Å²) in [5, 5.41) is 4.77. The molecule has 2 nitrogen and oxygen atoms in total. The van der Waals surface area contributed by atoms with Gasteiger partial charge in [-0.05, 0) is 31.2 Å². The number of rotatable bonds is 6. The monoisotopic (exact) mass is 276 g/mol. The summed E-state index contributed by atoms with van der Waals surface area (Å²) in [6.45, 7) is 5.44. The molecule has 0 saturated carbocycles. The number of nitrogens with one attached hydrogen (secondary N) is 1. The molecule has 0 aromatic heterocycles. The minimum absolute atomic E-state index is 0.295. The number of hydrogen-bond acceptors (Lipinski definition) is 2. The van der Waals surface area contributed by atoms with Crippen molar-refractivity contribution in [3.05, 3.63) is 35.9 Å². The molecule has 1 fully saturated rings. The molecular formula is C16H24N2S. The zero-order valence-corrected chi connectivity index (χ0v) is 12.8. The molecule has 1 saturated heterocycles. The molecule has 1 aromatic carbocycles. The fourth-order valence-corrected chi connectivity index (χ4v) is 3.69. The Bertz CT molecular complexity index is 410. The Hall–Kier alpha value is -0.960. The zero-order chi connectivity index (χ0) is 13.6. The largest absolute Gasteiger partial charge is 0.359 e. The maximum Gasteiger partial charge on any atom is 0.157 e. The fraction of sp³-hybridized carbons (Fsp3) is 0.562. The van der Waals surface area contributed by atoms with Gasteiger partial charge in [0.05, 0.1) is 0 Å². The van der Waals surface area contributed by atoms with Crippen LogP contribution in [0, 0.1) is 0 Å². The quantitative estimate of drug-likeness (QED) is 0.798. The third-order valence-corrected chi connectivity index (χ3v) is 5.13. The van der Waals surface area contributed by atoms with Crippen LogP contribution in [0.1, 0.15) is 38.7 Å². The first kappa shape index (κ1) is 14.4. The van der Waals surface area contributed by atoms with Gasteiger partial charge in [0.2, 0.25) is 0 Å². The Morgan fingerprint density at radius 2 is 1.95 bits per heavy atom. The molecule has 0 amide bonds. The van der Waals surface area contributed by atoms with E-state index < -0.39 is 0 Å². The maximum absolute atomic E-state index is 4.70. The minimum Gasteiger partial charge on any atom is -0.359 e. The van der Waals surface area contributed by atoms with Gasteiger partial charge in [-0.15, -0.1) is 0 Å². The highest BCUT2D eigenvalue weighted by Crippen LogP contribution is 2.28. The van der Waals surface area contributed by atoms with E-state index in [2.05, 4.69) is 49.5 Å². The predicted octanol–water partition coefficient (Wildman–Crippen LogP) is 3.87. The van der Waals surface area contributed by atoms with Crippen LogP contribution in [0.2, 0.25) is 0 Å². The van der Waals surface area contributed by atoms with Crippen LogP contribution >= 0.6 is 11.8 Å². The summed E-state index contributed by atoms with van der Waals surface area (Å²) in [6, 6.07) is 10.7. The Labute approximate surface area is 121 Å². The number of aryl methyl sites for hydroxylation is 1. The Kier molecular flexibility index (Phi) is 5.32. The lowest BCUT2D eigenvalue weighted by Gasteiger charge is -2.25. The van der Waals surface area contributed by atoms with E-state index in [9.17, 15) is 0 Å². The number of thioether (sulfide) groups is 1. The van der Waals surface area contributed by atoms with Crippen molar-refractivity contribution in [2.24, 2.45) is 4.99 Å². The summed E-state index contributed by atoms with van der Waals surface area (Å²) in [6.07, 6.45) is 4.61. The average molecular weight is 276 g/mol. The number of nitrogens with zero attached hydrogens (tertiary/aromatic N) is 1. The summed E-state index contributed by atoms with van der Waals surface area (Å²) in [7, 11) is 0. The van der Waals surface area contributed by atoms with Crippen LogP contribution in [0.25, 0.3) is 0 Å². The van der Waals surface area contributed by atoms with Crippen molar-refractivity contribution in [2.75, 3.05) is 12.3 Å². The molecule has 0 atom stereocenters. The van der Waals surface area contributed by atoms with Gasteiger partial charge in [0, 0.05) is 17.8 Å². The molecule has 0 spiro atoms. The first-order chi connectivity index (χ1) is 9.28. The molecule has 1 aliphatic heterocycles. The van der Waals surface area contributed by atoms with Gasteiger partial charge in [0.1, 0.15) is 0 Å². The SMILES string of the molecule is CCC1(CC)CSC(=NCCCc2ccccc2)N1. The Morgan fingerprint density at radius 1 is 1.21 bits per heavy atom. The highest BCUT2D eigenvalue weighted by Gasteiger charge is 2.33. The summed E-state index contributed by atoms with van der Waals surface area (Å²) < 4.78 is 0. The van der Waals surface area contributed by atoms with Gasteiger partial charge in [-0.2, -0.15) is 0 Å². The van der Waals surface area contributed by atoms with E-state index in [1.165, 1.54) is 18.4 Å². The van der Waals surface area contributed by atoms with Crippen molar-refractivity contribution in [1.82, 2.24) is 5.32 Å². The summed E-state index contributed by atoms with van der Waals surface area (Å²) in [5.74, 6) is 1.16. The summed E-state index contributed by atoms with van der Waals surface area (Å²) >= 11 is 1.88. The van der Waals surface area contributed by atoms with Gasteiger partial charge in [-0.1, -0.05) is 55.9 Å². The minimum atomic E-state index is 0.295. The van der Waals surface area contributed by atoms with E-state index in [0.717, 1.165) is 30.3 Å². The highest BCUT2D eigenvalue weighted by molar-refractivity contribution is 8.14. The van der Waals surface area contributed by atoms with Crippen LogP contribution in [0.15, 0.2) is 35.3 Å². The smallest absolute Gasteiger partial charge is 0.157 e. The molecule has 0 bridgehead atoms. The van der Waals surface area contributed by atoms with Crippen molar-refractivity contribution in [3.8, 4) is 0 Å². The molecular weight excluding hydrogens is 252 g/mol. The molecule has 0 aliphatic carbocycles. The van der Waals surface area contributed by atoms with E-state index in [1.54, 1.807) is 0 Å². The topological polar surface area (TPSA) is 24.4 Å². The van der Waals surface area contributed by atoms with E-state index in [1.807, 2.05) is 11.8 Å². The molecule has 2 rings (SSSR count). The zero-order valence-electron chi connectivity index (χ0n) is 12.0. The lowest BCUT2D eigenvalue weighted by molar-refractivity contribution is 0.407. The number of benzene rings is 1. The molecule has 1 aromatic rings. The second kappa shape index (κ2) is 6.99. The summed E-state index contributed by atoms with van der Waals surface area (Å²) in [5.41, 5.74) is 1.70. The van der Waals surface area contributed by atoms with E-state index in [-0.39, 0.29) is 0 Å². The number of aliphatic imine (C=N–C) groups is 1. The predicted molar refractivity (Wildman–Crippen MR) is 86.0 cm³/mol. The van der Waals surface area contributed by atoms with Gasteiger partial charge in [-0.3, -0.25) is 4.99 Å². The van der Waals surface area contributed by atoms with Gasteiger partial charge in [0.15, 0.2) is 5.17 Å². The number of hydrogen-bond donors (Lipinski definition) is 1. The van der Waals surface area contributed by atoms with Gasteiger partial charge in [-0.25, -0.2) is 0 Å².